The van der Waals surface area contributed by atoms with Gasteiger partial charge in [0.25, 0.3) is 5.56 Å². The van der Waals surface area contributed by atoms with Crippen molar-refractivity contribution in [2.45, 2.75) is 13.5 Å². The van der Waals surface area contributed by atoms with Gasteiger partial charge in [0.2, 0.25) is 0 Å². The van der Waals surface area contributed by atoms with Crippen LogP contribution in [0.3, 0.4) is 0 Å². The van der Waals surface area contributed by atoms with Gasteiger partial charge >= 0.3 is 5.97 Å². The second kappa shape index (κ2) is 5.40. The molecule has 0 unspecified atom stereocenters. The Morgan fingerprint density at radius 1 is 1.37 bits per heavy atom. The molecule has 0 aliphatic rings. The van der Waals surface area contributed by atoms with E-state index in [1.807, 2.05) is 6.07 Å². The smallest absolute Gasteiger partial charge is 0.335 e. The Bertz CT molecular complexity index is 691. The van der Waals surface area contributed by atoms with Gasteiger partial charge < -0.3 is 9.67 Å². The molecule has 98 valence electrons. The maximum absolute atomic E-state index is 11.9. The second-order valence-electron chi connectivity index (χ2n) is 4.24. The molecule has 4 nitrogen and oxygen atoms in total. The summed E-state index contributed by atoms with van der Waals surface area (Å²) in [5.74, 6) is -0.972. The lowest BCUT2D eigenvalue weighted by molar-refractivity contribution is 0.0697. The number of benzene rings is 1. The van der Waals surface area contributed by atoms with Gasteiger partial charge in [0, 0.05) is 16.2 Å². The third-order valence-corrected chi connectivity index (χ3v) is 3.59. The number of carboxylic acids is 1. The van der Waals surface area contributed by atoms with Gasteiger partial charge in [-0.2, -0.15) is 0 Å². The number of carbonyl (C=O) groups is 1. The molecule has 0 aliphatic heterocycles. The molecule has 1 N–H and O–H groups in total. The van der Waals surface area contributed by atoms with Gasteiger partial charge in [-0.1, -0.05) is 28.1 Å². The van der Waals surface area contributed by atoms with E-state index in [9.17, 15) is 9.59 Å². The Labute approximate surface area is 118 Å². The zero-order chi connectivity index (χ0) is 14.0. The first-order valence-corrected chi connectivity index (χ1v) is 6.46. The first-order chi connectivity index (χ1) is 8.99. The molecule has 5 heteroatoms. The van der Waals surface area contributed by atoms with E-state index in [0.717, 1.165) is 5.56 Å². The predicted octanol–water partition coefficient (Wildman–Crippen LogP) is 2.67. The van der Waals surface area contributed by atoms with Crippen molar-refractivity contribution in [3.8, 4) is 0 Å². The molecule has 0 bridgehead atoms. The maximum Gasteiger partial charge on any atom is 0.335 e. The fourth-order valence-corrected chi connectivity index (χ4v) is 2.28. The summed E-state index contributed by atoms with van der Waals surface area (Å²) >= 11 is 3.34. The lowest BCUT2D eigenvalue weighted by atomic mass is 10.1. The van der Waals surface area contributed by atoms with Crippen molar-refractivity contribution >= 4 is 21.9 Å². The van der Waals surface area contributed by atoms with Gasteiger partial charge in [0.05, 0.1) is 12.1 Å². The molecule has 0 radical (unpaired) electrons. The van der Waals surface area contributed by atoms with Crippen molar-refractivity contribution in [3.63, 3.8) is 0 Å². The van der Waals surface area contributed by atoms with E-state index >= 15 is 0 Å². The van der Waals surface area contributed by atoms with Crippen LogP contribution in [0.15, 0.2) is 45.8 Å². The monoisotopic (exact) mass is 321 g/mol. The van der Waals surface area contributed by atoms with Gasteiger partial charge in [0.15, 0.2) is 0 Å². The van der Waals surface area contributed by atoms with Crippen LogP contribution in [0, 0.1) is 6.92 Å². The molecular formula is C14H12BrNO3. The minimum Gasteiger partial charge on any atom is -0.478 e. The summed E-state index contributed by atoms with van der Waals surface area (Å²) in [7, 11) is 0. The van der Waals surface area contributed by atoms with Gasteiger partial charge in [-0.05, 0) is 30.7 Å². The summed E-state index contributed by atoms with van der Waals surface area (Å²) in [5.41, 5.74) is 1.71. The fraction of sp³-hybridized carbons (Fsp3) is 0.143. The van der Waals surface area contributed by atoms with Crippen molar-refractivity contribution < 1.29 is 9.90 Å². The van der Waals surface area contributed by atoms with Gasteiger partial charge in [0.1, 0.15) is 0 Å². The topological polar surface area (TPSA) is 59.3 Å². The van der Waals surface area contributed by atoms with Gasteiger partial charge in [-0.15, -0.1) is 0 Å². The minimum atomic E-state index is -0.972. The Hall–Kier alpha value is -1.88. The summed E-state index contributed by atoms with van der Waals surface area (Å²) in [6.45, 7) is 2.17. The average Bonchev–Trinajstić information content (AvgIpc) is 2.37. The molecule has 2 rings (SSSR count). The third kappa shape index (κ3) is 2.93. The highest BCUT2D eigenvalue weighted by atomic mass is 79.9. The third-order valence-electron chi connectivity index (χ3n) is 2.85. The standard InChI is InChI=1S/C14H12BrNO3/c1-9-3-2-6-16(13(9)17)8-11-5-4-10(14(18)19)7-12(11)15/h2-7H,8H2,1H3,(H,18,19). The van der Waals surface area contributed by atoms with Crippen LogP contribution in [0.5, 0.6) is 0 Å². The largest absolute Gasteiger partial charge is 0.478 e. The van der Waals surface area contributed by atoms with Crippen LogP contribution in [0.2, 0.25) is 0 Å². The summed E-state index contributed by atoms with van der Waals surface area (Å²) in [6, 6.07) is 8.36. The molecule has 2 aromatic rings. The Balaban J connectivity index is 2.36. The fourth-order valence-electron chi connectivity index (χ4n) is 1.77. The van der Waals surface area contributed by atoms with Crippen LogP contribution in [0.1, 0.15) is 21.5 Å². The molecular weight excluding hydrogens is 310 g/mol. The number of aromatic nitrogens is 1. The highest BCUT2D eigenvalue weighted by Crippen LogP contribution is 2.19. The number of hydrogen-bond acceptors (Lipinski definition) is 2. The number of halogens is 1. The molecule has 0 saturated carbocycles. The highest BCUT2D eigenvalue weighted by Gasteiger charge is 2.08. The number of rotatable bonds is 3. The van der Waals surface area contributed by atoms with E-state index in [1.54, 1.807) is 35.9 Å². The van der Waals surface area contributed by atoms with Crippen molar-refractivity contribution in [2.75, 3.05) is 0 Å². The number of aromatic carboxylic acids is 1. The van der Waals surface area contributed by atoms with Crippen LogP contribution >= 0.6 is 15.9 Å². The number of aryl methyl sites for hydroxylation is 1. The van der Waals surface area contributed by atoms with Crippen LogP contribution in [0.4, 0.5) is 0 Å². The molecule has 1 heterocycles. The lowest BCUT2D eigenvalue weighted by Crippen LogP contribution is -2.21. The predicted molar refractivity (Wildman–Crippen MR) is 75.6 cm³/mol. The quantitative estimate of drug-likeness (QED) is 0.945. The number of pyridine rings is 1. The summed E-state index contributed by atoms with van der Waals surface area (Å²) in [6.07, 6.45) is 1.72. The van der Waals surface area contributed by atoms with E-state index in [-0.39, 0.29) is 11.1 Å². The SMILES string of the molecule is Cc1cccn(Cc2ccc(C(=O)O)cc2Br)c1=O. The maximum atomic E-state index is 11.9. The summed E-state index contributed by atoms with van der Waals surface area (Å²) < 4.78 is 2.27. The molecule has 0 fully saturated rings. The first-order valence-electron chi connectivity index (χ1n) is 5.67. The van der Waals surface area contributed by atoms with Crippen LogP contribution in [-0.4, -0.2) is 15.6 Å². The summed E-state index contributed by atoms with van der Waals surface area (Å²) in [4.78, 5) is 22.8. The van der Waals surface area contributed by atoms with Crippen molar-refractivity contribution in [2.24, 2.45) is 0 Å². The van der Waals surface area contributed by atoms with E-state index in [2.05, 4.69) is 15.9 Å². The van der Waals surface area contributed by atoms with Crippen LogP contribution < -0.4 is 5.56 Å². The van der Waals surface area contributed by atoms with Crippen LogP contribution in [0.25, 0.3) is 0 Å². The average molecular weight is 322 g/mol. The van der Waals surface area contributed by atoms with Crippen molar-refractivity contribution in [3.05, 3.63) is 68.0 Å². The van der Waals surface area contributed by atoms with E-state index in [0.29, 0.717) is 16.6 Å². The molecule has 0 amide bonds. The lowest BCUT2D eigenvalue weighted by Gasteiger charge is -2.09. The summed E-state index contributed by atoms with van der Waals surface area (Å²) in [5, 5.41) is 8.89. The molecule has 0 saturated heterocycles. The zero-order valence-corrected chi connectivity index (χ0v) is 11.8. The molecule has 0 atom stereocenters. The molecule has 0 spiro atoms. The molecule has 19 heavy (non-hydrogen) atoms. The first kappa shape index (κ1) is 13.5. The van der Waals surface area contributed by atoms with E-state index in [1.165, 1.54) is 6.07 Å². The zero-order valence-electron chi connectivity index (χ0n) is 10.3. The molecule has 0 aliphatic carbocycles. The van der Waals surface area contributed by atoms with Crippen LogP contribution in [-0.2, 0) is 6.54 Å². The Morgan fingerprint density at radius 3 is 2.74 bits per heavy atom. The van der Waals surface area contributed by atoms with E-state index < -0.39 is 5.97 Å². The van der Waals surface area contributed by atoms with E-state index in [4.69, 9.17) is 5.11 Å². The minimum absolute atomic E-state index is 0.0447. The van der Waals surface area contributed by atoms with Crippen molar-refractivity contribution in [1.82, 2.24) is 4.57 Å². The number of nitrogens with zero attached hydrogens (tertiary/aromatic N) is 1. The molecule has 1 aromatic carbocycles. The van der Waals surface area contributed by atoms with Crippen molar-refractivity contribution in [1.29, 1.82) is 0 Å². The Kier molecular flexibility index (Phi) is 3.85. The van der Waals surface area contributed by atoms with Gasteiger partial charge in [-0.25, -0.2) is 4.79 Å². The second-order valence-corrected chi connectivity index (χ2v) is 5.09. The normalized spacial score (nSPS) is 10.4. The molecule has 1 aromatic heterocycles. The number of carboxylic acid groups (broad SMARTS) is 1. The number of hydrogen-bond donors (Lipinski definition) is 1. The highest BCUT2D eigenvalue weighted by molar-refractivity contribution is 9.10. The Morgan fingerprint density at radius 2 is 2.11 bits per heavy atom. The van der Waals surface area contributed by atoms with Gasteiger partial charge in [-0.3, -0.25) is 4.79 Å².